The van der Waals surface area contributed by atoms with Crippen molar-refractivity contribution >= 4 is 5.52 Å². The van der Waals surface area contributed by atoms with Gasteiger partial charge in [-0.2, -0.15) is 13.2 Å². The standard InChI is InChI=1S/C21H12F6N2O/c22-20(23,24)19-28-18(14-4-2-1-3-5-14)17-11-8-15(12-29(17)19)13-6-9-16(10-7-13)30-21(25,26)27/h1-12H. The van der Waals surface area contributed by atoms with Crippen LogP contribution in [0.25, 0.3) is 27.9 Å². The number of ether oxygens (including phenoxy) is 1. The molecule has 0 atom stereocenters. The summed E-state index contributed by atoms with van der Waals surface area (Å²) in [5.74, 6) is -1.51. The van der Waals surface area contributed by atoms with Gasteiger partial charge in [-0.25, -0.2) is 4.98 Å². The highest BCUT2D eigenvalue weighted by molar-refractivity contribution is 5.79. The van der Waals surface area contributed by atoms with Gasteiger partial charge in [0.05, 0.1) is 11.2 Å². The SMILES string of the molecule is FC(F)(F)Oc1ccc(-c2ccc3c(-c4ccccc4)nc(C(F)(F)F)n3c2)cc1. The minimum absolute atomic E-state index is 0.184. The lowest BCUT2D eigenvalue weighted by Crippen LogP contribution is -2.16. The van der Waals surface area contributed by atoms with Crippen molar-refractivity contribution < 1.29 is 31.1 Å². The molecular formula is C21H12F6N2O. The summed E-state index contributed by atoms with van der Waals surface area (Å²) >= 11 is 0. The van der Waals surface area contributed by atoms with Gasteiger partial charge in [-0.3, -0.25) is 4.40 Å². The number of nitrogens with zero attached hydrogens (tertiary/aromatic N) is 2. The molecule has 0 unspecified atom stereocenters. The zero-order valence-corrected chi connectivity index (χ0v) is 15.0. The molecule has 4 aromatic rings. The summed E-state index contributed by atoms with van der Waals surface area (Å²) in [6.45, 7) is 0. The van der Waals surface area contributed by atoms with Crippen molar-refractivity contribution in [3.8, 4) is 28.1 Å². The van der Waals surface area contributed by atoms with Gasteiger partial charge in [0.1, 0.15) is 5.75 Å². The second-order valence-corrected chi connectivity index (χ2v) is 6.39. The molecule has 3 nitrogen and oxygen atoms in total. The van der Waals surface area contributed by atoms with Crippen molar-refractivity contribution in [2.45, 2.75) is 12.5 Å². The lowest BCUT2D eigenvalue weighted by Gasteiger charge is -2.10. The Bertz CT molecular complexity index is 1180. The van der Waals surface area contributed by atoms with Gasteiger partial charge in [0.2, 0.25) is 5.82 Å². The molecule has 30 heavy (non-hydrogen) atoms. The van der Waals surface area contributed by atoms with E-state index >= 15 is 0 Å². The summed E-state index contributed by atoms with van der Waals surface area (Å²) in [4.78, 5) is 3.81. The second-order valence-electron chi connectivity index (χ2n) is 6.39. The topological polar surface area (TPSA) is 26.5 Å². The Kier molecular flexibility index (Phi) is 4.68. The van der Waals surface area contributed by atoms with Gasteiger partial charge in [0, 0.05) is 11.8 Å². The Labute approximate surface area is 166 Å². The van der Waals surface area contributed by atoms with Crippen LogP contribution in [-0.4, -0.2) is 15.7 Å². The minimum atomic E-state index is -4.83. The van der Waals surface area contributed by atoms with Crippen molar-refractivity contribution in [1.82, 2.24) is 9.38 Å². The van der Waals surface area contributed by atoms with E-state index in [-0.39, 0.29) is 11.2 Å². The van der Waals surface area contributed by atoms with Gasteiger partial charge in [-0.05, 0) is 29.3 Å². The van der Waals surface area contributed by atoms with Crippen LogP contribution in [0.5, 0.6) is 5.75 Å². The average Bonchev–Trinajstić information content (AvgIpc) is 3.07. The molecule has 0 saturated carbocycles. The van der Waals surface area contributed by atoms with E-state index in [1.54, 1.807) is 36.4 Å². The van der Waals surface area contributed by atoms with Crippen LogP contribution in [0.1, 0.15) is 5.82 Å². The lowest BCUT2D eigenvalue weighted by atomic mass is 10.1. The van der Waals surface area contributed by atoms with E-state index in [4.69, 9.17) is 0 Å². The third-order valence-electron chi connectivity index (χ3n) is 4.36. The van der Waals surface area contributed by atoms with Gasteiger partial charge in [-0.15, -0.1) is 13.2 Å². The molecule has 0 aliphatic rings. The zero-order chi connectivity index (χ0) is 21.5. The van der Waals surface area contributed by atoms with Crippen molar-refractivity contribution in [3.05, 3.63) is 78.8 Å². The quantitative estimate of drug-likeness (QED) is 0.349. The minimum Gasteiger partial charge on any atom is -0.406 e. The molecule has 0 amide bonds. The first-order valence-corrected chi connectivity index (χ1v) is 8.63. The van der Waals surface area contributed by atoms with E-state index < -0.39 is 24.1 Å². The van der Waals surface area contributed by atoms with Crippen LogP contribution >= 0.6 is 0 Å². The maximum Gasteiger partial charge on any atom is 0.573 e. The maximum absolute atomic E-state index is 13.6. The molecule has 0 N–H and O–H groups in total. The van der Waals surface area contributed by atoms with Crippen LogP contribution < -0.4 is 4.74 Å². The molecule has 0 saturated heterocycles. The summed E-state index contributed by atoms with van der Waals surface area (Å²) < 4.78 is 82.4. The number of pyridine rings is 1. The van der Waals surface area contributed by atoms with Crippen molar-refractivity contribution in [1.29, 1.82) is 0 Å². The first-order valence-electron chi connectivity index (χ1n) is 8.63. The Balaban J connectivity index is 1.80. The number of halogens is 6. The Hall–Kier alpha value is -3.49. The van der Waals surface area contributed by atoms with E-state index in [0.29, 0.717) is 16.7 Å². The molecule has 2 aromatic carbocycles. The number of alkyl halides is 6. The Morgan fingerprint density at radius 1 is 0.700 bits per heavy atom. The first-order chi connectivity index (χ1) is 14.1. The summed E-state index contributed by atoms with van der Waals surface area (Å²) in [5, 5.41) is 0. The van der Waals surface area contributed by atoms with Crippen LogP contribution in [0.4, 0.5) is 26.3 Å². The van der Waals surface area contributed by atoms with Gasteiger partial charge in [0.15, 0.2) is 0 Å². The molecule has 154 valence electrons. The molecule has 2 aromatic heterocycles. The highest BCUT2D eigenvalue weighted by atomic mass is 19.4. The van der Waals surface area contributed by atoms with Crippen LogP contribution in [0.15, 0.2) is 72.9 Å². The van der Waals surface area contributed by atoms with Crippen LogP contribution in [0, 0.1) is 0 Å². The predicted octanol–water partition coefficient (Wildman–Crippen LogP) is 6.59. The largest absolute Gasteiger partial charge is 0.573 e. The third-order valence-corrected chi connectivity index (χ3v) is 4.36. The van der Waals surface area contributed by atoms with Crippen molar-refractivity contribution in [2.24, 2.45) is 0 Å². The molecule has 0 radical (unpaired) electrons. The van der Waals surface area contributed by atoms with Gasteiger partial charge >= 0.3 is 12.5 Å². The molecule has 9 heteroatoms. The fourth-order valence-electron chi connectivity index (χ4n) is 3.11. The van der Waals surface area contributed by atoms with Crippen molar-refractivity contribution in [3.63, 3.8) is 0 Å². The number of hydrogen-bond donors (Lipinski definition) is 0. The summed E-state index contributed by atoms with van der Waals surface area (Å²) in [5.41, 5.74) is 1.78. The summed E-state index contributed by atoms with van der Waals surface area (Å²) in [7, 11) is 0. The first kappa shape index (κ1) is 19.8. The highest BCUT2D eigenvalue weighted by Gasteiger charge is 2.37. The van der Waals surface area contributed by atoms with Crippen LogP contribution in [0.2, 0.25) is 0 Å². The molecule has 0 aliphatic heterocycles. The summed E-state index contributed by atoms with van der Waals surface area (Å²) in [6.07, 6.45) is -8.26. The number of imidazole rings is 1. The molecule has 0 bridgehead atoms. The molecule has 0 aliphatic carbocycles. The summed E-state index contributed by atoms with van der Waals surface area (Å²) in [6, 6.07) is 16.4. The predicted molar refractivity (Wildman–Crippen MR) is 97.7 cm³/mol. The lowest BCUT2D eigenvalue weighted by molar-refractivity contribution is -0.274. The van der Waals surface area contributed by atoms with Crippen molar-refractivity contribution in [2.75, 3.05) is 0 Å². The fourth-order valence-corrected chi connectivity index (χ4v) is 3.11. The Morgan fingerprint density at radius 2 is 1.33 bits per heavy atom. The number of benzene rings is 2. The van der Waals surface area contributed by atoms with E-state index in [1.165, 1.54) is 24.4 Å². The van der Waals surface area contributed by atoms with Gasteiger partial charge in [-0.1, -0.05) is 48.5 Å². The van der Waals surface area contributed by atoms with E-state index in [2.05, 4.69) is 9.72 Å². The molecule has 2 heterocycles. The molecular weight excluding hydrogens is 410 g/mol. The van der Waals surface area contributed by atoms with E-state index in [9.17, 15) is 26.3 Å². The van der Waals surface area contributed by atoms with E-state index in [1.807, 2.05) is 0 Å². The number of fused-ring (bicyclic) bond motifs is 1. The maximum atomic E-state index is 13.6. The molecule has 4 rings (SSSR count). The van der Waals surface area contributed by atoms with E-state index in [0.717, 1.165) is 16.5 Å². The highest BCUT2D eigenvalue weighted by Crippen LogP contribution is 2.35. The smallest absolute Gasteiger partial charge is 0.406 e. The van der Waals surface area contributed by atoms with Crippen LogP contribution in [0.3, 0.4) is 0 Å². The second kappa shape index (κ2) is 7.08. The average molecular weight is 422 g/mol. The monoisotopic (exact) mass is 422 g/mol. The normalized spacial score (nSPS) is 12.3. The van der Waals surface area contributed by atoms with Gasteiger partial charge in [0.25, 0.3) is 0 Å². The molecule has 0 spiro atoms. The number of hydrogen-bond acceptors (Lipinski definition) is 2. The third kappa shape index (κ3) is 3.96. The zero-order valence-electron chi connectivity index (χ0n) is 15.0. The van der Waals surface area contributed by atoms with Crippen LogP contribution in [-0.2, 0) is 6.18 Å². The Morgan fingerprint density at radius 3 is 1.93 bits per heavy atom. The molecule has 0 fully saturated rings. The number of rotatable bonds is 3. The van der Waals surface area contributed by atoms with Gasteiger partial charge < -0.3 is 4.74 Å². The number of aromatic nitrogens is 2. The fraction of sp³-hybridized carbons (Fsp3) is 0.0952.